The zero-order chi connectivity index (χ0) is 11.0. The highest BCUT2D eigenvalue weighted by molar-refractivity contribution is 4.68. The van der Waals surface area contributed by atoms with E-state index in [2.05, 4.69) is 45.0 Å². The van der Waals surface area contributed by atoms with Gasteiger partial charge in [0.1, 0.15) is 0 Å². The summed E-state index contributed by atoms with van der Waals surface area (Å²) >= 11 is 0. The minimum absolute atomic E-state index is 0.647. The summed E-state index contributed by atoms with van der Waals surface area (Å²) in [5.74, 6) is 0. The Morgan fingerprint density at radius 3 is 2.29 bits per heavy atom. The topological polar surface area (TPSA) is 15.3 Å². The Kier molecular flexibility index (Phi) is 8.20. The molecule has 14 heavy (non-hydrogen) atoms. The van der Waals surface area contributed by atoms with Crippen LogP contribution in [0.15, 0.2) is 0 Å². The van der Waals surface area contributed by atoms with Gasteiger partial charge >= 0.3 is 0 Å². The lowest BCUT2D eigenvalue weighted by atomic mass is 10.2. The molecule has 0 radical (unpaired) electrons. The third-order valence-corrected chi connectivity index (χ3v) is 2.81. The van der Waals surface area contributed by atoms with Crippen molar-refractivity contribution in [1.29, 1.82) is 0 Å². The predicted molar refractivity (Wildman–Crippen MR) is 64.8 cm³/mol. The molecule has 0 spiro atoms. The SMILES string of the molecule is CCCC(C)NCC(C)N(C)CCC. The summed E-state index contributed by atoms with van der Waals surface area (Å²) in [6.45, 7) is 11.3. The van der Waals surface area contributed by atoms with Gasteiger partial charge in [-0.15, -0.1) is 0 Å². The van der Waals surface area contributed by atoms with Gasteiger partial charge in [-0.3, -0.25) is 0 Å². The summed E-state index contributed by atoms with van der Waals surface area (Å²) in [7, 11) is 2.21. The Balaban J connectivity index is 3.56. The molecule has 2 unspecified atom stereocenters. The largest absolute Gasteiger partial charge is 0.313 e. The summed E-state index contributed by atoms with van der Waals surface area (Å²) in [4.78, 5) is 2.42. The Bertz CT molecular complexity index is 125. The number of likely N-dealkylation sites (N-methyl/N-ethyl adjacent to an activating group) is 1. The average Bonchev–Trinajstić information content (AvgIpc) is 2.15. The molecule has 0 heterocycles. The van der Waals surface area contributed by atoms with Gasteiger partial charge in [0.15, 0.2) is 0 Å². The summed E-state index contributed by atoms with van der Waals surface area (Å²) in [6, 6.07) is 1.31. The van der Waals surface area contributed by atoms with Crippen LogP contribution in [0.5, 0.6) is 0 Å². The Morgan fingerprint density at radius 1 is 1.14 bits per heavy atom. The second-order valence-corrected chi connectivity index (χ2v) is 4.43. The lowest BCUT2D eigenvalue weighted by molar-refractivity contribution is 0.245. The first kappa shape index (κ1) is 13.9. The van der Waals surface area contributed by atoms with Gasteiger partial charge in [-0.05, 0) is 40.3 Å². The van der Waals surface area contributed by atoms with E-state index in [4.69, 9.17) is 0 Å². The maximum Gasteiger partial charge on any atom is 0.0189 e. The molecule has 0 saturated heterocycles. The summed E-state index contributed by atoms with van der Waals surface area (Å²) in [6.07, 6.45) is 3.79. The fourth-order valence-electron chi connectivity index (χ4n) is 1.64. The van der Waals surface area contributed by atoms with E-state index in [1.54, 1.807) is 0 Å². The van der Waals surface area contributed by atoms with Crippen LogP contribution in [0.3, 0.4) is 0 Å². The van der Waals surface area contributed by atoms with Gasteiger partial charge in [-0.2, -0.15) is 0 Å². The summed E-state index contributed by atoms with van der Waals surface area (Å²) < 4.78 is 0. The van der Waals surface area contributed by atoms with Gasteiger partial charge < -0.3 is 10.2 Å². The molecule has 0 fully saturated rings. The van der Waals surface area contributed by atoms with Crippen molar-refractivity contribution in [2.75, 3.05) is 20.1 Å². The standard InChI is InChI=1S/C12H28N2/c1-6-8-11(3)13-10-12(4)14(5)9-7-2/h11-13H,6-10H2,1-5H3. The number of rotatable bonds is 8. The van der Waals surface area contributed by atoms with Crippen LogP contribution in [-0.2, 0) is 0 Å². The first-order valence-electron chi connectivity index (χ1n) is 6.05. The van der Waals surface area contributed by atoms with E-state index in [-0.39, 0.29) is 0 Å². The fraction of sp³-hybridized carbons (Fsp3) is 1.00. The molecule has 0 aliphatic rings. The first-order chi connectivity index (χ1) is 6.61. The molecule has 0 aliphatic carbocycles. The predicted octanol–water partition coefficient (Wildman–Crippen LogP) is 2.49. The summed E-state index contributed by atoms with van der Waals surface area (Å²) in [5, 5.41) is 3.58. The van der Waals surface area contributed by atoms with Crippen molar-refractivity contribution in [3.63, 3.8) is 0 Å². The highest BCUT2D eigenvalue weighted by atomic mass is 15.1. The molecule has 0 aromatic heterocycles. The van der Waals surface area contributed by atoms with Crippen LogP contribution in [-0.4, -0.2) is 37.1 Å². The van der Waals surface area contributed by atoms with Gasteiger partial charge in [0.25, 0.3) is 0 Å². The van der Waals surface area contributed by atoms with Gasteiger partial charge in [0.2, 0.25) is 0 Å². The maximum absolute atomic E-state index is 3.58. The van der Waals surface area contributed by atoms with E-state index in [0.717, 1.165) is 6.54 Å². The fourth-order valence-corrected chi connectivity index (χ4v) is 1.64. The van der Waals surface area contributed by atoms with Crippen LogP contribution in [0.2, 0.25) is 0 Å². The van der Waals surface area contributed by atoms with E-state index in [9.17, 15) is 0 Å². The molecule has 2 nitrogen and oxygen atoms in total. The van der Waals surface area contributed by atoms with Crippen molar-refractivity contribution in [1.82, 2.24) is 10.2 Å². The van der Waals surface area contributed by atoms with Gasteiger partial charge in [-0.1, -0.05) is 20.3 Å². The van der Waals surface area contributed by atoms with Crippen LogP contribution < -0.4 is 5.32 Å². The van der Waals surface area contributed by atoms with Crippen LogP contribution in [0.4, 0.5) is 0 Å². The van der Waals surface area contributed by atoms with Crippen molar-refractivity contribution in [2.45, 2.75) is 59.0 Å². The van der Waals surface area contributed by atoms with Crippen LogP contribution in [0.1, 0.15) is 47.0 Å². The van der Waals surface area contributed by atoms with Crippen molar-refractivity contribution in [2.24, 2.45) is 0 Å². The molecule has 0 aromatic carbocycles. The van der Waals surface area contributed by atoms with Gasteiger partial charge in [0.05, 0.1) is 0 Å². The molecule has 2 heteroatoms. The van der Waals surface area contributed by atoms with Crippen LogP contribution >= 0.6 is 0 Å². The van der Waals surface area contributed by atoms with Gasteiger partial charge in [0, 0.05) is 18.6 Å². The quantitative estimate of drug-likeness (QED) is 0.647. The number of nitrogens with one attached hydrogen (secondary N) is 1. The third-order valence-electron chi connectivity index (χ3n) is 2.81. The van der Waals surface area contributed by atoms with Crippen LogP contribution in [0.25, 0.3) is 0 Å². The second kappa shape index (κ2) is 8.25. The Morgan fingerprint density at radius 2 is 1.79 bits per heavy atom. The number of hydrogen-bond donors (Lipinski definition) is 1. The molecule has 0 saturated carbocycles. The molecule has 1 N–H and O–H groups in total. The Hall–Kier alpha value is -0.0800. The van der Waals surface area contributed by atoms with Crippen molar-refractivity contribution < 1.29 is 0 Å². The van der Waals surface area contributed by atoms with Crippen molar-refractivity contribution in [3.05, 3.63) is 0 Å². The van der Waals surface area contributed by atoms with E-state index < -0.39 is 0 Å². The minimum Gasteiger partial charge on any atom is -0.313 e. The van der Waals surface area contributed by atoms with E-state index in [1.165, 1.54) is 25.8 Å². The minimum atomic E-state index is 0.647. The van der Waals surface area contributed by atoms with Crippen molar-refractivity contribution in [3.8, 4) is 0 Å². The molecule has 0 amide bonds. The molecule has 0 aliphatic heterocycles. The van der Waals surface area contributed by atoms with E-state index in [1.807, 2.05) is 0 Å². The molecule has 0 rings (SSSR count). The molecule has 0 aromatic rings. The molecule has 86 valence electrons. The molecular weight excluding hydrogens is 172 g/mol. The van der Waals surface area contributed by atoms with E-state index in [0.29, 0.717) is 12.1 Å². The zero-order valence-electron chi connectivity index (χ0n) is 10.6. The molecular formula is C12H28N2. The highest BCUT2D eigenvalue weighted by Gasteiger charge is 2.08. The zero-order valence-corrected chi connectivity index (χ0v) is 10.6. The normalized spacial score (nSPS) is 15.9. The Labute approximate surface area is 90.1 Å². The summed E-state index contributed by atoms with van der Waals surface area (Å²) in [5.41, 5.74) is 0. The molecule has 2 atom stereocenters. The monoisotopic (exact) mass is 200 g/mol. The molecule has 0 bridgehead atoms. The van der Waals surface area contributed by atoms with Gasteiger partial charge in [-0.25, -0.2) is 0 Å². The number of hydrogen-bond acceptors (Lipinski definition) is 2. The average molecular weight is 200 g/mol. The highest BCUT2D eigenvalue weighted by Crippen LogP contribution is 1.98. The second-order valence-electron chi connectivity index (χ2n) is 4.43. The smallest absolute Gasteiger partial charge is 0.0189 e. The van der Waals surface area contributed by atoms with Crippen molar-refractivity contribution >= 4 is 0 Å². The lowest BCUT2D eigenvalue weighted by Gasteiger charge is -2.26. The number of nitrogens with zero attached hydrogens (tertiary/aromatic N) is 1. The third kappa shape index (κ3) is 6.39. The lowest BCUT2D eigenvalue weighted by Crippen LogP contribution is -2.41. The maximum atomic E-state index is 3.58. The van der Waals surface area contributed by atoms with E-state index >= 15 is 0 Å². The van der Waals surface area contributed by atoms with Crippen LogP contribution in [0, 0.1) is 0 Å². The first-order valence-corrected chi connectivity index (χ1v) is 6.05.